The molecule has 1 heterocycles. The highest BCUT2D eigenvalue weighted by Gasteiger charge is 2.10. The fourth-order valence-corrected chi connectivity index (χ4v) is 2.70. The van der Waals surface area contributed by atoms with Gasteiger partial charge in [-0.05, 0) is 35.9 Å². The quantitative estimate of drug-likeness (QED) is 0.325. The summed E-state index contributed by atoms with van der Waals surface area (Å²) in [4.78, 5) is 23.7. The number of nitrogens with zero attached hydrogens (tertiary/aromatic N) is 5. The zero-order valence-electron chi connectivity index (χ0n) is 15.7. The second-order valence-corrected chi connectivity index (χ2v) is 6.18. The number of benzene rings is 2. The molecule has 30 heavy (non-hydrogen) atoms. The number of carbonyl (C=O) groups is 1. The van der Waals surface area contributed by atoms with Gasteiger partial charge in [-0.2, -0.15) is 10.4 Å². The van der Waals surface area contributed by atoms with Crippen molar-refractivity contribution >= 4 is 23.8 Å². The van der Waals surface area contributed by atoms with Crippen LogP contribution < -0.4 is 11.6 Å². The third-order valence-electron chi connectivity index (χ3n) is 4.09. The lowest BCUT2D eigenvalue weighted by atomic mass is 10.1. The van der Waals surface area contributed by atoms with Crippen LogP contribution >= 0.6 is 0 Å². The molecule has 3 rings (SSSR count). The molecule has 0 amide bonds. The number of anilines is 1. The topological polar surface area (TPSA) is 164 Å². The molecule has 0 atom stereocenters. The number of nitrogen functional groups attached to an aromatic ring is 1. The van der Waals surface area contributed by atoms with Gasteiger partial charge in [0, 0.05) is 5.56 Å². The molecular formula is C21H17N7O2. The summed E-state index contributed by atoms with van der Waals surface area (Å²) in [5, 5.41) is 21.9. The molecule has 0 saturated heterocycles. The zero-order chi connectivity index (χ0) is 21.5. The van der Waals surface area contributed by atoms with Crippen molar-refractivity contribution < 1.29 is 9.90 Å². The van der Waals surface area contributed by atoms with Crippen molar-refractivity contribution in [3.63, 3.8) is 0 Å². The van der Waals surface area contributed by atoms with Gasteiger partial charge in [0.2, 0.25) is 5.95 Å². The first-order chi connectivity index (χ1) is 14.5. The molecule has 0 radical (unpaired) electrons. The lowest BCUT2D eigenvalue weighted by Gasteiger charge is -2.06. The van der Waals surface area contributed by atoms with E-state index in [1.807, 2.05) is 0 Å². The first-order valence-electron chi connectivity index (χ1n) is 8.75. The normalized spacial score (nSPS) is 11.4. The van der Waals surface area contributed by atoms with E-state index in [0.29, 0.717) is 22.5 Å². The van der Waals surface area contributed by atoms with Crippen molar-refractivity contribution in [3.8, 4) is 17.3 Å². The van der Waals surface area contributed by atoms with Gasteiger partial charge in [-0.25, -0.2) is 14.8 Å². The van der Waals surface area contributed by atoms with E-state index in [1.165, 1.54) is 12.3 Å². The van der Waals surface area contributed by atoms with Crippen LogP contribution in [-0.4, -0.2) is 33.0 Å². The Hall–Kier alpha value is -4.58. The van der Waals surface area contributed by atoms with Crippen molar-refractivity contribution in [2.24, 2.45) is 15.9 Å². The van der Waals surface area contributed by atoms with Crippen LogP contribution in [0.5, 0.6) is 0 Å². The SMILES string of the molecule is N#Cc1cccc(-c2cc(/C(C=NCc3cccc(C(=O)O)c3)=N/N)nc(N)n2)c1. The second-order valence-electron chi connectivity index (χ2n) is 6.18. The highest BCUT2D eigenvalue weighted by atomic mass is 16.4. The smallest absolute Gasteiger partial charge is 0.335 e. The van der Waals surface area contributed by atoms with E-state index in [1.54, 1.807) is 48.5 Å². The number of aromatic nitrogens is 2. The number of aliphatic imine (C=N–C) groups is 1. The molecule has 1 aromatic heterocycles. The molecule has 5 N–H and O–H groups in total. The molecule has 9 heteroatoms. The molecule has 0 saturated carbocycles. The van der Waals surface area contributed by atoms with E-state index in [9.17, 15) is 4.79 Å². The third-order valence-corrected chi connectivity index (χ3v) is 4.09. The summed E-state index contributed by atoms with van der Waals surface area (Å²) in [6.45, 7) is 0.234. The van der Waals surface area contributed by atoms with E-state index in [0.717, 1.165) is 5.56 Å². The van der Waals surface area contributed by atoms with Gasteiger partial charge in [0.15, 0.2) is 0 Å². The summed E-state index contributed by atoms with van der Waals surface area (Å²) in [5.74, 6) is 4.52. The molecule has 0 aliphatic carbocycles. The van der Waals surface area contributed by atoms with Gasteiger partial charge in [0.1, 0.15) is 5.71 Å². The third kappa shape index (κ3) is 4.82. The average Bonchev–Trinajstić information content (AvgIpc) is 2.76. The van der Waals surface area contributed by atoms with Crippen LogP contribution in [0, 0.1) is 11.3 Å². The van der Waals surface area contributed by atoms with Crippen LogP contribution in [0.2, 0.25) is 0 Å². The number of nitrogens with two attached hydrogens (primary N) is 2. The highest BCUT2D eigenvalue weighted by Crippen LogP contribution is 2.20. The molecule has 0 fully saturated rings. The van der Waals surface area contributed by atoms with E-state index in [2.05, 4.69) is 26.1 Å². The summed E-state index contributed by atoms with van der Waals surface area (Å²) >= 11 is 0. The summed E-state index contributed by atoms with van der Waals surface area (Å²) in [6, 6.07) is 17.1. The number of carboxylic acid groups (broad SMARTS) is 1. The number of nitriles is 1. The van der Waals surface area contributed by atoms with Crippen LogP contribution in [0.1, 0.15) is 27.2 Å². The summed E-state index contributed by atoms with van der Waals surface area (Å²) in [7, 11) is 0. The molecule has 0 bridgehead atoms. The van der Waals surface area contributed by atoms with E-state index >= 15 is 0 Å². The molecule has 9 nitrogen and oxygen atoms in total. The van der Waals surface area contributed by atoms with Crippen molar-refractivity contribution in [1.82, 2.24) is 9.97 Å². The summed E-state index contributed by atoms with van der Waals surface area (Å²) in [5.41, 5.74) is 9.09. The Morgan fingerprint density at radius 3 is 2.70 bits per heavy atom. The molecule has 0 aliphatic heterocycles. The van der Waals surface area contributed by atoms with Crippen molar-refractivity contribution in [1.29, 1.82) is 5.26 Å². The van der Waals surface area contributed by atoms with Crippen LogP contribution in [0.3, 0.4) is 0 Å². The van der Waals surface area contributed by atoms with Gasteiger partial charge in [-0.15, -0.1) is 0 Å². The maximum atomic E-state index is 11.1. The van der Waals surface area contributed by atoms with E-state index in [-0.39, 0.29) is 23.8 Å². The van der Waals surface area contributed by atoms with Crippen LogP contribution in [0.4, 0.5) is 5.95 Å². The van der Waals surface area contributed by atoms with Crippen molar-refractivity contribution in [3.05, 3.63) is 77.0 Å². The lowest BCUT2D eigenvalue weighted by molar-refractivity contribution is 0.0696. The molecule has 0 aliphatic rings. The largest absolute Gasteiger partial charge is 0.478 e. The number of hydrogen-bond donors (Lipinski definition) is 3. The van der Waals surface area contributed by atoms with E-state index in [4.69, 9.17) is 21.9 Å². The molecular weight excluding hydrogens is 382 g/mol. The molecule has 2 aromatic carbocycles. The Morgan fingerprint density at radius 1 is 1.17 bits per heavy atom. The zero-order valence-corrected chi connectivity index (χ0v) is 15.7. The van der Waals surface area contributed by atoms with Crippen LogP contribution in [-0.2, 0) is 6.54 Å². The minimum absolute atomic E-state index is 0.0218. The van der Waals surface area contributed by atoms with Gasteiger partial charge in [0.05, 0.1) is 41.3 Å². The molecule has 0 unspecified atom stereocenters. The number of hydrazone groups is 1. The van der Waals surface area contributed by atoms with Gasteiger partial charge in [-0.3, -0.25) is 4.99 Å². The Kier molecular flexibility index (Phi) is 6.10. The first kappa shape index (κ1) is 20.2. The monoisotopic (exact) mass is 399 g/mol. The van der Waals surface area contributed by atoms with Gasteiger partial charge < -0.3 is 16.7 Å². The standard InChI is InChI=1S/C21H17N7O2/c22-10-13-3-1-5-15(7-13)17-9-18(27-21(23)26-17)19(28-24)12-25-11-14-4-2-6-16(8-14)20(29)30/h1-9,12H,11,24H2,(H,29,30)(H2,23,26,27)/b25-12?,28-19+. The van der Waals surface area contributed by atoms with Crippen molar-refractivity contribution in [2.45, 2.75) is 6.54 Å². The minimum Gasteiger partial charge on any atom is -0.478 e. The molecule has 3 aromatic rings. The first-order valence-corrected chi connectivity index (χ1v) is 8.75. The van der Waals surface area contributed by atoms with E-state index < -0.39 is 5.97 Å². The van der Waals surface area contributed by atoms with Crippen LogP contribution in [0.15, 0.2) is 64.7 Å². The van der Waals surface area contributed by atoms with Crippen LogP contribution in [0.25, 0.3) is 11.3 Å². The lowest BCUT2D eigenvalue weighted by Crippen LogP contribution is -2.11. The van der Waals surface area contributed by atoms with Gasteiger partial charge in [-0.1, -0.05) is 24.3 Å². The Morgan fingerprint density at radius 2 is 1.97 bits per heavy atom. The minimum atomic E-state index is -1.01. The Labute approximate surface area is 172 Å². The Balaban J connectivity index is 1.85. The molecule has 148 valence electrons. The van der Waals surface area contributed by atoms with Crippen molar-refractivity contribution in [2.75, 3.05) is 5.73 Å². The van der Waals surface area contributed by atoms with Gasteiger partial charge in [0.25, 0.3) is 0 Å². The maximum Gasteiger partial charge on any atom is 0.335 e. The Bertz CT molecular complexity index is 1200. The fraction of sp³-hybridized carbons (Fsp3) is 0.0476. The summed E-state index contributed by atoms with van der Waals surface area (Å²) < 4.78 is 0. The second kappa shape index (κ2) is 9.07. The van der Waals surface area contributed by atoms with Gasteiger partial charge >= 0.3 is 5.97 Å². The number of aromatic carboxylic acids is 1. The summed E-state index contributed by atoms with van der Waals surface area (Å²) in [6.07, 6.45) is 1.44. The number of rotatable bonds is 6. The highest BCUT2D eigenvalue weighted by molar-refractivity contribution is 6.37. The number of carboxylic acids is 1. The average molecular weight is 399 g/mol. The predicted molar refractivity (Wildman–Crippen MR) is 113 cm³/mol. The fourth-order valence-electron chi connectivity index (χ4n) is 2.70. The maximum absolute atomic E-state index is 11.1. The molecule has 0 spiro atoms. The number of hydrogen-bond acceptors (Lipinski definition) is 8. The predicted octanol–water partition coefficient (Wildman–Crippen LogP) is 2.23.